The molecule has 1 saturated heterocycles. The maximum absolute atomic E-state index is 13.8. The van der Waals surface area contributed by atoms with E-state index < -0.39 is 18.1 Å². The van der Waals surface area contributed by atoms with Gasteiger partial charge >= 0.3 is 0 Å². The molecule has 0 spiro atoms. The van der Waals surface area contributed by atoms with Gasteiger partial charge in [-0.05, 0) is 24.6 Å². The Morgan fingerprint density at radius 2 is 1.81 bits per heavy atom. The third kappa shape index (κ3) is 2.94. The number of amides is 2. The predicted octanol–water partition coefficient (Wildman–Crippen LogP) is 4.70. The quantitative estimate of drug-likeness (QED) is 0.330. The van der Waals surface area contributed by atoms with Crippen molar-refractivity contribution in [1.29, 1.82) is 0 Å². The summed E-state index contributed by atoms with van der Waals surface area (Å²) in [6, 6.07) is 16.1. The highest BCUT2D eigenvalue weighted by atomic mass is 16.6. The van der Waals surface area contributed by atoms with Crippen LogP contribution in [0.1, 0.15) is 46.0 Å². The molecule has 0 saturated carbocycles. The van der Waals surface area contributed by atoms with Gasteiger partial charge < -0.3 is 28.8 Å². The fraction of sp³-hybridized carbons (Fsp3) is 0.273. The number of carbonyl (C=O) groups is 2. The highest BCUT2D eigenvalue weighted by Crippen LogP contribution is 2.54. The number of hydrogen-bond donors (Lipinski definition) is 1. The molecule has 2 bridgehead atoms. The van der Waals surface area contributed by atoms with Gasteiger partial charge in [-0.1, -0.05) is 36.4 Å². The minimum absolute atomic E-state index is 0.0575. The van der Waals surface area contributed by atoms with E-state index in [2.05, 4.69) is 55.6 Å². The topological polar surface area (TPSA) is 104 Å². The summed E-state index contributed by atoms with van der Waals surface area (Å²) >= 11 is 0. The lowest BCUT2D eigenvalue weighted by molar-refractivity contribution is -0.264. The number of likely N-dealkylation sites (N-methyl/N-ethyl adjacent to an activating group) is 1. The van der Waals surface area contributed by atoms with E-state index in [-0.39, 0.29) is 23.6 Å². The van der Waals surface area contributed by atoms with Crippen LogP contribution in [-0.2, 0) is 21.7 Å². The van der Waals surface area contributed by atoms with Crippen LogP contribution in [0, 0.1) is 0 Å². The van der Waals surface area contributed by atoms with Crippen molar-refractivity contribution in [3.05, 3.63) is 83.9 Å². The van der Waals surface area contributed by atoms with Gasteiger partial charge in [0.25, 0.3) is 11.8 Å². The van der Waals surface area contributed by atoms with Crippen LogP contribution in [0.5, 0.6) is 0 Å². The smallest absolute Gasteiger partial charge is 0.274 e. The second kappa shape index (κ2) is 8.40. The minimum Gasteiger partial charge on any atom is -0.374 e. The van der Waals surface area contributed by atoms with Crippen LogP contribution < -0.4 is 5.32 Å². The van der Waals surface area contributed by atoms with Crippen LogP contribution in [-0.4, -0.2) is 62.1 Å². The Labute approximate surface area is 245 Å². The molecule has 10 nitrogen and oxygen atoms in total. The Morgan fingerprint density at radius 1 is 1.07 bits per heavy atom. The Balaban J connectivity index is 1.43. The van der Waals surface area contributed by atoms with Gasteiger partial charge in [0.2, 0.25) is 0 Å². The molecule has 3 aliphatic heterocycles. The first kappa shape index (κ1) is 24.8. The fourth-order valence-electron chi connectivity index (χ4n) is 8.13. The van der Waals surface area contributed by atoms with Gasteiger partial charge in [-0.3, -0.25) is 14.6 Å². The molecule has 0 unspecified atom stereocenters. The average molecular weight is 573 g/mol. The Hall–Kier alpha value is -4.80. The highest BCUT2D eigenvalue weighted by Gasteiger charge is 2.55. The predicted molar refractivity (Wildman–Crippen MR) is 161 cm³/mol. The zero-order valence-electron chi connectivity index (χ0n) is 23.9. The molecular formula is C33H28N6O4. The fourth-order valence-corrected chi connectivity index (χ4v) is 8.13. The summed E-state index contributed by atoms with van der Waals surface area (Å²) in [5.41, 5.74) is 4.94. The number of rotatable bonds is 3. The number of ether oxygens (including phenoxy) is 2. The minimum atomic E-state index is -1.02. The highest BCUT2D eigenvalue weighted by molar-refractivity contribution is 6.31. The molecule has 0 aliphatic carbocycles. The van der Waals surface area contributed by atoms with Crippen molar-refractivity contribution in [3.63, 3.8) is 0 Å². The third-order valence-electron chi connectivity index (χ3n) is 9.80. The number of nitrogens with one attached hydrogen (secondary N) is 1. The van der Waals surface area contributed by atoms with Crippen LogP contribution in [0.3, 0.4) is 0 Å². The summed E-state index contributed by atoms with van der Waals surface area (Å²) in [4.78, 5) is 37.4. The third-order valence-corrected chi connectivity index (χ3v) is 9.80. The van der Waals surface area contributed by atoms with Gasteiger partial charge in [0.05, 0.1) is 39.9 Å². The molecule has 6 heterocycles. The van der Waals surface area contributed by atoms with Gasteiger partial charge in [0.15, 0.2) is 5.72 Å². The largest absolute Gasteiger partial charge is 0.374 e. The number of methoxy groups -OCH3 is 1. The normalized spacial score (nSPS) is 24.2. The monoisotopic (exact) mass is 572 g/mol. The van der Waals surface area contributed by atoms with Gasteiger partial charge in [-0.2, -0.15) is 0 Å². The standard InChI is InChI=1S/C33H28N6O4/c1-33-30(42-3)23(37(2)32(41)20-16-34-12-13-35-20)14-24(43-33)38-21-10-6-4-8-17(21)26-27-19(15-36-31(27)40)25-18-9-5-7-11-22(18)39(33)29(25)28(26)38/h4-13,16,23-24,30H,14-15H2,1-3H3,(H,36,40)/t23-,24-,30-,33+/m0/s1. The second-order valence-corrected chi connectivity index (χ2v) is 11.8. The van der Waals surface area contributed by atoms with E-state index in [1.165, 1.54) is 12.4 Å². The second-order valence-electron chi connectivity index (χ2n) is 11.8. The molecular weight excluding hydrogens is 544 g/mol. The summed E-state index contributed by atoms with van der Waals surface area (Å²) in [5, 5.41) is 7.16. The first-order valence-corrected chi connectivity index (χ1v) is 14.5. The number of hydrogen-bond acceptors (Lipinski definition) is 6. The lowest BCUT2D eigenvalue weighted by Crippen LogP contribution is -2.61. The van der Waals surface area contributed by atoms with Crippen LogP contribution in [0.2, 0.25) is 0 Å². The molecule has 0 radical (unpaired) electrons. The molecule has 214 valence electrons. The molecule has 4 atom stereocenters. The van der Waals surface area contributed by atoms with E-state index in [0.717, 1.165) is 54.7 Å². The number of aromatic nitrogens is 4. The number of carbonyl (C=O) groups excluding carboxylic acids is 2. The summed E-state index contributed by atoms with van der Waals surface area (Å²) in [6.07, 6.45) is 4.05. The Kier molecular flexibility index (Phi) is 4.84. The molecule has 1 N–H and O–H groups in total. The summed E-state index contributed by atoms with van der Waals surface area (Å²) in [6.45, 7) is 2.52. The van der Waals surface area contributed by atoms with Crippen molar-refractivity contribution in [2.75, 3.05) is 14.2 Å². The number of benzene rings is 3. The van der Waals surface area contributed by atoms with E-state index >= 15 is 0 Å². The van der Waals surface area contributed by atoms with E-state index in [4.69, 9.17) is 9.47 Å². The molecule has 3 aliphatic rings. The number of fused-ring (bicyclic) bond motifs is 13. The van der Waals surface area contributed by atoms with Crippen molar-refractivity contribution < 1.29 is 19.1 Å². The van der Waals surface area contributed by atoms with Crippen molar-refractivity contribution in [2.24, 2.45) is 0 Å². The zero-order valence-corrected chi connectivity index (χ0v) is 23.9. The van der Waals surface area contributed by atoms with E-state index in [1.54, 1.807) is 25.3 Å². The van der Waals surface area contributed by atoms with Crippen molar-refractivity contribution in [3.8, 4) is 0 Å². The average Bonchev–Trinajstić information content (AvgIpc) is 3.68. The van der Waals surface area contributed by atoms with Crippen molar-refractivity contribution >= 4 is 55.4 Å². The van der Waals surface area contributed by atoms with Crippen molar-refractivity contribution in [2.45, 2.75) is 44.0 Å². The Morgan fingerprint density at radius 3 is 2.56 bits per heavy atom. The van der Waals surface area contributed by atoms with E-state index in [0.29, 0.717) is 13.0 Å². The summed E-state index contributed by atoms with van der Waals surface area (Å²) in [7, 11) is 3.48. The molecule has 6 aromatic rings. The number of nitrogens with zero attached hydrogens (tertiary/aromatic N) is 5. The van der Waals surface area contributed by atoms with Crippen LogP contribution in [0.4, 0.5) is 0 Å². The van der Waals surface area contributed by atoms with Crippen LogP contribution >= 0.6 is 0 Å². The van der Waals surface area contributed by atoms with Gasteiger partial charge in [0, 0.05) is 61.1 Å². The van der Waals surface area contributed by atoms with E-state index in [9.17, 15) is 9.59 Å². The molecule has 3 aromatic heterocycles. The first-order valence-electron chi connectivity index (χ1n) is 14.5. The van der Waals surface area contributed by atoms with Crippen molar-refractivity contribution in [1.82, 2.24) is 29.3 Å². The lowest BCUT2D eigenvalue weighted by Gasteiger charge is -2.50. The van der Waals surface area contributed by atoms with E-state index in [1.807, 2.05) is 24.3 Å². The summed E-state index contributed by atoms with van der Waals surface area (Å²) in [5.74, 6) is -0.293. The zero-order chi connectivity index (χ0) is 29.2. The maximum Gasteiger partial charge on any atom is 0.274 e. The molecule has 43 heavy (non-hydrogen) atoms. The van der Waals surface area contributed by atoms with Gasteiger partial charge in [0.1, 0.15) is 18.0 Å². The maximum atomic E-state index is 13.8. The molecule has 9 rings (SSSR count). The number of para-hydroxylation sites is 2. The lowest BCUT2D eigenvalue weighted by atomic mass is 9.91. The molecule has 2 amide bonds. The molecule has 10 heteroatoms. The molecule has 3 aromatic carbocycles. The first-order chi connectivity index (χ1) is 20.9. The van der Waals surface area contributed by atoms with Crippen LogP contribution in [0.25, 0.3) is 43.6 Å². The molecule has 1 fully saturated rings. The Bertz CT molecular complexity index is 2190. The SMILES string of the molecule is CO[C@H]1[C@@H](N(C)C(=O)c2cnccn2)C[C@@H]2O[C@@]1(C)n1c3ccccc3c3c4c(c5c6ccccc6n2c5c31)C(=O)NC4. The summed E-state index contributed by atoms with van der Waals surface area (Å²) < 4.78 is 18.0. The van der Waals surface area contributed by atoms with Gasteiger partial charge in [-0.15, -0.1) is 0 Å². The van der Waals surface area contributed by atoms with Crippen LogP contribution in [0.15, 0.2) is 67.1 Å². The van der Waals surface area contributed by atoms with Gasteiger partial charge in [-0.25, -0.2) is 4.98 Å².